The zero-order chi connectivity index (χ0) is 9.19. The minimum Gasteiger partial charge on any atom is -0.270 e. The van der Waals surface area contributed by atoms with Crippen molar-refractivity contribution in [3.63, 3.8) is 0 Å². The zero-order valence-electron chi connectivity index (χ0n) is 6.32. The first-order valence-corrected chi connectivity index (χ1v) is 5.61. The van der Waals surface area contributed by atoms with Crippen LogP contribution in [0.15, 0.2) is 29.2 Å². The van der Waals surface area contributed by atoms with Gasteiger partial charge in [0.15, 0.2) is 0 Å². The quantitative estimate of drug-likeness (QED) is 0.615. The molecule has 5 heteroatoms. The predicted molar refractivity (Wildman–Crippen MR) is 53.4 cm³/mol. The molecule has 0 aliphatic heterocycles. The van der Waals surface area contributed by atoms with E-state index in [4.69, 9.17) is 0 Å². The Morgan fingerprint density at radius 3 is 2.17 bits per heavy atom. The van der Waals surface area contributed by atoms with Gasteiger partial charge in [-0.2, -0.15) is 8.42 Å². The summed E-state index contributed by atoms with van der Waals surface area (Å²) < 4.78 is 27.5. The Morgan fingerprint density at radius 1 is 1.25 bits per heavy atom. The van der Waals surface area contributed by atoms with Crippen molar-refractivity contribution in [2.24, 2.45) is 0 Å². The van der Waals surface area contributed by atoms with Crippen molar-refractivity contribution in [2.75, 3.05) is 7.11 Å². The van der Waals surface area contributed by atoms with Crippen LogP contribution >= 0.6 is 22.6 Å². The van der Waals surface area contributed by atoms with E-state index in [9.17, 15) is 8.42 Å². The highest BCUT2D eigenvalue weighted by Crippen LogP contribution is 2.13. The largest absolute Gasteiger partial charge is 0.296 e. The molecule has 3 nitrogen and oxygen atoms in total. The molecule has 1 aromatic carbocycles. The summed E-state index contributed by atoms with van der Waals surface area (Å²) in [6, 6.07) is 6.46. The third-order valence-corrected chi connectivity index (χ3v) is 3.33. The predicted octanol–water partition coefficient (Wildman–Crippen LogP) is 1.63. The molecular formula is C7H7IO3S. The lowest BCUT2D eigenvalue weighted by molar-refractivity contribution is 0.398. The second-order valence-corrected chi connectivity index (χ2v) is 5.03. The molecule has 0 heterocycles. The highest BCUT2D eigenvalue weighted by Gasteiger charge is 2.11. The van der Waals surface area contributed by atoms with Crippen LogP contribution in [0.25, 0.3) is 0 Å². The Labute approximate surface area is 85.0 Å². The van der Waals surface area contributed by atoms with E-state index in [1.165, 1.54) is 12.1 Å². The van der Waals surface area contributed by atoms with Crippen LogP contribution in [-0.2, 0) is 14.3 Å². The van der Waals surface area contributed by atoms with Gasteiger partial charge in [0.05, 0.1) is 12.0 Å². The molecule has 0 saturated heterocycles. The maximum atomic E-state index is 11.1. The molecule has 12 heavy (non-hydrogen) atoms. The Bertz CT molecular complexity index is 355. The van der Waals surface area contributed by atoms with Crippen LogP contribution in [0.4, 0.5) is 0 Å². The lowest BCUT2D eigenvalue weighted by Gasteiger charge is -1.99. The molecule has 0 saturated carbocycles. The second-order valence-electron chi connectivity index (χ2n) is 2.07. The van der Waals surface area contributed by atoms with Gasteiger partial charge in [0.25, 0.3) is 10.1 Å². The SMILES string of the molecule is COS(=O)(=O)c1ccc(I)cc1. The van der Waals surface area contributed by atoms with Gasteiger partial charge >= 0.3 is 0 Å². The van der Waals surface area contributed by atoms with E-state index in [-0.39, 0.29) is 4.90 Å². The number of benzene rings is 1. The second kappa shape index (κ2) is 3.71. The van der Waals surface area contributed by atoms with Crippen LogP contribution in [0.3, 0.4) is 0 Å². The fourth-order valence-corrected chi connectivity index (χ4v) is 1.72. The number of halogens is 1. The fourth-order valence-electron chi connectivity index (χ4n) is 0.697. The van der Waals surface area contributed by atoms with Crippen LogP contribution in [0.2, 0.25) is 0 Å². The molecule has 0 unspecified atom stereocenters. The lowest BCUT2D eigenvalue weighted by Crippen LogP contribution is -2.02. The van der Waals surface area contributed by atoms with Gasteiger partial charge in [-0.05, 0) is 46.9 Å². The topological polar surface area (TPSA) is 43.4 Å². The average Bonchev–Trinajstić information content (AvgIpc) is 2.05. The summed E-state index contributed by atoms with van der Waals surface area (Å²) in [4.78, 5) is 0.186. The molecule has 1 aromatic rings. The van der Waals surface area contributed by atoms with Crippen LogP contribution in [-0.4, -0.2) is 15.5 Å². The Hall–Kier alpha value is -0.140. The Balaban J connectivity index is 3.14. The first-order valence-electron chi connectivity index (χ1n) is 3.12. The summed E-state index contributed by atoms with van der Waals surface area (Å²) in [5.74, 6) is 0. The molecule has 0 aliphatic carbocycles. The molecule has 0 radical (unpaired) electrons. The summed E-state index contributed by atoms with van der Waals surface area (Å²) in [5.41, 5.74) is 0. The van der Waals surface area contributed by atoms with Gasteiger partial charge in [0, 0.05) is 3.57 Å². The van der Waals surface area contributed by atoms with Gasteiger partial charge in [0.2, 0.25) is 0 Å². The van der Waals surface area contributed by atoms with E-state index in [0.29, 0.717) is 0 Å². The molecule has 0 fully saturated rings. The normalized spacial score (nSPS) is 11.5. The van der Waals surface area contributed by atoms with Crippen LogP contribution in [0.5, 0.6) is 0 Å². The minimum atomic E-state index is -3.52. The van der Waals surface area contributed by atoms with E-state index in [2.05, 4.69) is 26.8 Å². The highest BCUT2D eigenvalue weighted by molar-refractivity contribution is 14.1. The summed E-state index contributed by atoms with van der Waals surface area (Å²) in [6.45, 7) is 0. The Kier molecular flexibility index (Phi) is 3.08. The maximum absolute atomic E-state index is 11.1. The molecular weight excluding hydrogens is 291 g/mol. The molecule has 0 amide bonds. The standard InChI is InChI=1S/C7H7IO3S/c1-11-12(9,10)7-4-2-6(8)3-5-7/h2-5H,1H3. The van der Waals surface area contributed by atoms with Gasteiger partial charge in [-0.3, -0.25) is 4.18 Å². The third-order valence-electron chi connectivity index (χ3n) is 1.32. The first kappa shape index (κ1) is 9.94. The van der Waals surface area contributed by atoms with Crippen molar-refractivity contribution in [3.05, 3.63) is 27.8 Å². The molecule has 66 valence electrons. The van der Waals surface area contributed by atoms with E-state index in [0.717, 1.165) is 10.7 Å². The van der Waals surface area contributed by atoms with Gasteiger partial charge in [-0.15, -0.1) is 0 Å². The van der Waals surface area contributed by atoms with E-state index in [1.54, 1.807) is 12.1 Å². The molecule has 0 spiro atoms. The maximum Gasteiger partial charge on any atom is 0.296 e. The van der Waals surface area contributed by atoms with Gasteiger partial charge < -0.3 is 0 Å². The number of hydrogen-bond donors (Lipinski definition) is 0. The smallest absolute Gasteiger partial charge is 0.270 e. The lowest BCUT2D eigenvalue weighted by atomic mass is 10.4. The summed E-state index contributed by atoms with van der Waals surface area (Å²) in [6.07, 6.45) is 0. The molecule has 1 rings (SSSR count). The van der Waals surface area contributed by atoms with Crippen molar-refractivity contribution in [1.82, 2.24) is 0 Å². The Morgan fingerprint density at radius 2 is 1.75 bits per heavy atom. The van der Waals surface area contributed by atoms with Crippen LogP contribution in [0, 0.1) is 3.57 Å². The van der Waals surface area contributed by atoms with E-state index < -0.39 is 10.1 Å². The van der Waals surface area contributed by atoms with Crippen molar-refractivity contribution < 1.29 is 12.6 Å². The van der Waals surface area contributed by atoms with Gasteiger partial charge in [-0.25, -0.2) is 0 Å². The zero-order valence-corrected chi connectivity index (χ0v) is 9.29. The fraction of sp³-hybridized carbons (Fsp3) is 0.143. The summed E-state index contributed by atoms with van der Waals surface area (Å²) in [7, 11) is -2.37. The van der Waals surface area contributed by atoms with Crippen molar-refractivity contribution in [3.8, 4) is 0 Å². The molecule has 0 bridgehead atoms. The molecule has 0 N–H and O–H groups in total. The minimum absolute atomic E-state index is 0.186. The van der Waals surface area contributed by atoms with Crippen LogP contribution < -0.4 is 0 Å². The molecule has 0 aromatic heterocycles. The van der Waals surface area contributed by atoms with E-state index >= 15 is 0 Å². The van der Waals surface area contributed by atoms with Crippen molar-refractivity contribution in [1.29, 1.82) is 0 Å². The third kappa shape index (κ3) is 2.18. The van der Waals surface area contributed by atoms with Gasteiger partial charge in [-0.1, -0.05) is 0 Å². The summed E-state index contributed by atoms with van der Waals surface area (Å²) >= 11 is 2.10. The van der Waals surface area contributed by atoms with Gasteiger partial charge in [0.1, 0.15) is 0 Å². The highest BCUT2D eigenvalue weighted by atomic mass is 127. The number of hydrogen-bond acceptors (Lipinski definition) is 3. The van der Waals surface area contributed by atoms with Crippen molar-refractivity contribution >= 4 is 32.7 Å². The molecule has 0 atom stereocenters. The van der Waals surface area contributed by atoms with Crippen LogP contribution in [0.1, 0.15) is 0 Å². The average molecular weight is 298 g/mol. The summed E-state index contributed by atoms with van der Waals surface area (Å²) in [5, 5.41) is 0. The van der Waals surface area contributed by atoms with Crippen molar-refractivity contribution in [2.45, 2.75) is 4.90 Å². The molecule has 0 aliphatic rings. The van der Waals surface area contributed by atoms with E-state index in [1.807, 2.05) is 0 Å². The first-order chi connectivity index (χ1) is 5.56. The monoisotopic (exact) mass is 298 g/mol. The number of rotatable bonds is 2.